The Morgan fingerprint density at radius 1 is 1.13 bits per heavy atom. The normalized spacial score (nSPS) is 14.5. The minimum atomic E-state index is -3.79. The van der Waals surface area contributed by atoms with Crippen LogP contribution in [-0.4, -0.2) is 36.9 Å². The molecule has 1 saturated heterocycles. The van der Waals surface area contributed by atoms with E-state index < -0.39 is 10.0 Å². The Balaban J connectivity index is 1.56. The first kappa shape index (κ1) is 21.0. The Morgan fingerprint density at radius 2 is 1.87 bits per heavy atom. The van der Waals surface area contributed by atoms with Crippen LogP contribution >= 0.6 is 22.9 Å². The number of hydrogen-bond donors (Lipinski definition) is 1. The van der Waals surface area contributed by atoms with Crippen LogP contribution in [0.3, 0.4) is 0 Å². The van der Waals surface area contributed by atoms with Gasteiger partial charge in [0.15, 0.2) is 0 Å². The number of thiazole rings is 1. The lowest BCUT2D eigenvalue weighted by molar-refractivity contribution is -0.130. The van der Waals surface area contributed by atoms with Gasteiger partial charge in [-0.1, -0.05) is 41.1 Å². The molecule has 0 aliphatic carbocycles. The van der Waals surface area contributed by atoms with Gasteiger partial charge in [-0.25, -0.2) is 13.1 Å². The second-order valence-corrected chi connectivity index (χ2v) is 10.3. The number of nitrogens with one attached hydrogen (secondary N) is 1. The molecule has 2 heterocycles. The van der Waals surface area contributed by atoms with Gasteiger partial charge in [0.1, 0.15) is 6.54 Å². The standard InChI is InChI=1S/C20H20ClN3O4S2/c21-16-6-2-1-5-14(16)12-22-30(27,28)15-7-8-17-18(11-15)29-20(26)24(17)13-19(25)23-9-3-4-10-23/h1-2,5-8,11,22H,3-4,9-10,12-13H2. The van der Waals surface area contributed by atoms with E-state index in [1.54, 1.807) is 35.2 Å². The molecule has 1 fully saturated rings. The van der Waals surface area contributed by atoms with Crippen LogP contribution in [0.5, 0.6) is 0 Å². The van der Waals surface area contributed by atoms with E-state index in [1.165, 1.54) is 16.7 Å². The van der Waals surface area contributed by atoms with Crippen LogP contribution in [0, 0.1) is 0 Å². The molecule has 30 heavy (non-hydrogen) atoms. The lowest BCUT2D eigenvalue weighted by Gasteiger charge is -2.15. The van der Waals surface area contributed by atoms with Gasteiger partial charge in [0.05, 0.1) is 15.1 Å². The number of fused-ring (bicyclic) bond motifs is 1. The molecule has 0 radical (unpaired) electrons. The third-order valence-corrected chi connectivity index (χ3v) is 7.82. The predicted octanol–water partition coefficient (Wildman–Crippen LogP) is 2.82. The Kier molecular flexibility index (Phi) is 5.97. The van der Waals surface area contributed by atoms with E-state index >= 15 is 0 Å². The summed E-state index contributed by atoms with van der Waals surface area (Å²) in [5.41, 5.74) is 1.22. The summed E-state index contributed by atoms with van der Waals surface area (Å²) in [6, 6.07) is 11.5. The molecule has 1 amide bonds. The summed E-state index contributed by atoms with van der Waals surface area (Å²) in [7, 11) is -3.79. The molecule has 158 valence electrons. The van der Waals surface area contributed by atoms with Gasteiger partial charge in [0.2, 0.25) is 15.9 Å². The number of carbonyl (C=O) groups excluding carboxylic acids is 1. The number of halogens is 1. The Labute approximate surface area is 182 Å². The van der Waals surface area contributed by atoms with Crippen LogP contribution in [0.2, 0.25) is 5.02 Å². The van der Waals surface area contributed by atoms with Crippen molar-refractivity contribution in [1.82, 2.24) is 14.2 Å². The van der Waals surface area contributed by atoms with Crippen molar-refractivity contribution >= 4 is 49.1 Å². The maximum absolute atomic E-state index is 12.7. The zero-order chi connectivity index (χ0) is 21.3. The minimum Gasteiger partial charge on any atom is -0.341 e. The molecule has 7 nitrogen and oxygen atoms in total. The van der Waals surface area contributed by atoms with E-state index in [0.717, 1.165) is 37.3 Å². The molecule has 0 atom stereocenters. The van der Waals surface area contributed by atoms with Gasteiger partial charge in [-0.05, 0) is 42.7 Å². The van der Waals surface area contributed by atoms with E-state index in [4.69, 9.17) is 11.6 Å². The first-order valence-electron chi connectivity index (χ1n) is 9.49. The molecule has 10 heteroatoms. The number of benzene rings is 2. The predicted molar refractivity (Wildman–Crippen MR) is 117 cm³/mol. The van der Waals surface area contributed by atoms with E-state index in [0.29, 0.717) is 20.8 Å². The summed E-state index contributed by atoms with van der Waals surface area (Å²) in [5.74, 6) is -0.0904. The Morgan fingerprint density at radius 3 is 2.60 bits per heavy atom. The highest BCUT2D eigenvalue weighted by Gasteiger charge is 2.21. The van der Waals surface area contributed by atoms with Gasteiger partial charge in [0.25, 0.3) is 0 Å². The van der Waals surface area contributed by atoms with Crippen LogP contribution in [0.15, 0.2) is 52.2 Å². The van der Waals surface area contributed by atoms with E-state index in [-0.39, 0.29) is 28.8 Å². The smallest absolute Gasteiger partial charge is 0.308 e. The van der Waals surface area contributed by atoms with Crippen molar-refractivity contribution in [2.24, 2.45) is 0 Å². The van der Waals surface area contributed by atoms with Crippen molar-refractivity contribution in [3.63, 3.8) is 0 Å². The summed E-state index contributed by atoms with van der Waals surface area (Å²) in [6.45, 7) is 1.46. The second kappa shape index (κ2) is 8.50. The van der Waals surface area contributed by atoms with Crippen LogP contribution < -0.4 is 9.60 Å². The molecule has 2 aromatic carbocycles. The molecule has 1 aromatic heterocycles. The van der Waals surface area contributed by atoms with Crippen molar-refractivity contribution < 1.29 is 13.2 Å². The van der Waals surface area contributed by atoms with Gasteiger partial charge in [0, 0.05) is 24.7 Å². The summed E-state index contributed by atoms with van der Waals surface area (Å²) in [5, 5.41) is 0.480. The summed E-state index contributed by atoms with van der Waals surface area (Å²) < 4.78 is 29.9. The maximum Gasteiger partial charge on any atom is 0.308 e. The molecule has 0 saturated carbocycles. The molecule has 4 rings (SSSR count). The van der Waals surface area contributed by atoms with Crippen molar-refractivity contribution in [2.75, 3.05) is 13.1 Å². The van der Waals surface area contributed by atoms with E-state index in [1.807, 2.05) is 0 Å². The van der Waals surface area contributed by atoms with Crippen LogP contribution in [0.1, 0.15) is 18.4 Å². The average molecular weight is 466 g/mol. The topological polar surface area (TPSA) is 88.5 Å². The number of likely N-dealkylation sites (tertiary alicyclic amines) is 1. The number of carbonyl (C=O) groups is 1. The van der Waals surface area contributed by atoms with E-state index in [9.17, 15) is 18.0 Å². The fraction of sp³-hybridized carbons (Fsp3) is 0.300. The number of aromatic nitrogens is 1. The fourth-order valence-corrected chi connectivity index (χ4v) is 5.70. The van der Waals surface area contributed by atoms with Crippen molar-refractivity contribution in [3.8, 4) is 0 Å². The lowest BCUT2D eigenvalue weighted by atomic mass is 10.2. The SMILES string of the molecule is O=C(Cn1c(=O)sc2cc(S(=O)(=O)NCc3ccccc3Cl)ccc21)N1CCCC1. The molecule has 1 aliphatic heterocycles. The molecule has 1 aliphatic rings. The van der Waals surface area contributed by atoms with Gasteiger partial charge >= 0.3 is 4.87 Å². The van der Waals surface area contributed by atoms with Gasteiger partial charge in [-0.3, -0.25) is 14.2 Å². The average Bonchev–Trinajstić information content (AvgIpc) is 3.36. The van der Waals surface area contributed by atoms with Gasteiger partial charge in [-0.2, -0.15) is 0 Å². The van der Waals surface area contributed by atoms with Crippen LogP contribution in [0.4, 0.5) is 0 Å². The molecule has 0 unspecified atom stereocenters. The maximum atomic E-state index is 12.7. The highest BCUT2D eigenvalue weighted by atomic mass is 35.5. The number of sulfonamides is 1. The van der Waals surface area contributed by atoms with Crippen LogP contribution in [-0.2, 0) is 27.9 Å². The first-order chi connectivity index (χ1) is 14.3. The van der Waals surface area contributed by atoms with Crippen molar-refractivity contribution in [3.05, 3.63) is 62.7 Å². The molecule has 3 aromatic rings. The third kappa shape index (κ3) is 4.29. The van der Waals surface area contributed by atoms with Crippen molar-refractivity contribution in [1.29, 1.82) is 0 Å². The highest BCUT2D eigenvalue weighted by Crippen LogP contribution is 2.23. The number of hydrogen-bond acceptors (Lipinski definition) is 5. The van der Waals surface area contributed by atoms with Gasteiger partial charge < -0.3 is 4.90 Å². The first-order valence-corrected chi connectivity index (χ1v) is 12.2. The van der Waals surface area contributed by atoms with E-state index in [2.05, 4.69) is 4.72 Å². The second-order valence-electron chi connectivity index (χ2n) is 7.09. The number of rotatable bonds is 6. The summed E-state index contributed by atoms with van der Waals surface area (Å²) >= 11 is 7.02. The fourth-order valence-electron chi connectivity index (χ4n) is 3.46. The zero-order valence-electron chi connectivity index (χ0n) is 16.0. The largest absolute Gasteiger partial charge is 0.341 e. The molecule has 0 spiro atoms. The molecule has 1 N–H and O–H groups in total. The quantitative estimate of drug-likeness (QED) is 0.606. The summed E-state index contributed by atoms with van der Waals surface area (Å²) in [6.07, 6.45) is 1.96. The number of nitrogens with zero attached hydrogens (tertiary/aromatic N) is 2. The zero-order valence-corrected chi connectivity index (χ0v) is 18.4. The van der Waals surface area contributed by atoms with Gasteiger partial charge in [-0.15, -0.1) is 0 Å². The number of amides is 1. The molecule has 0 bridgehead atoms. The molecular formula is C20H20ClN3O4S2. The highest BCUT2D eigenvalue weighted by molar-refractivity contribution is 7.89. The van der Waals surface area contributed by atoms with Crippen molar-refractivity contribution in [2.45, 2.75) is 30.8 Å². The monoisotopic (exact) mass is 465 g/mol. The third-order valence-electron chi connectivity index (χ3n) is 5.11. The minimum absolute atomic E-state index is 0.0321. The van der Waals surface area contributed by atoms with Crippen LogP contribution in [0.25, 0.3) is 10.2 Å². The summed E-state index contributed by atoms with van der Waals surface area (Å²) in [4.78, 5) is 26.4. The lowest BCUT2D eigenvalue weighted by Crippen LogP contribution is -2.33. The molecular weight excluding hydrogens is 446 g/mol. The Bertz CT molecular complexity index is 1260. The Hall–Kier alpha value is -2.20.